The Hall–Kier alpha value is -2.95. The molecule has 0 fully saturated rings. The van der Waals surface area contributed by atoms with Gasteiger partial charge in [0.2, 0.25) is 5.78 Å². The number of benzene rings is 1. The molecule has 0 aliphatic carbocycles. The average Bonchev–Trinajstić information content (AvgIpc) is 2.97. The van der Waals surface area contributed by atoms with Gasteiger partial charge in [-0.1, -0.05) is 24.3 Å². The fraction of sp³-hybridized carbons (Fsp3) is 0.0625. The lowest BCUT2D eigenvalue weighted by Crippen LogP contribution is -2.14. The van der Waals surface area contributed by atoms with Crippen molar-refractivity contribution in [3.63, 3.8) is 0 Å². The Morgan fingerprint density at radius 2 is 1.90 bits per heavy atom. The minimum atomic E-state index is -0.608. The van der Waals surface area contributed by atoms with Gasteiger partial charge in [-0.05, 0) is 18.2 Å². The number of pyridine rings is 1. The maximum absolute atomic E-state index is 12.1. The van der Waals surface area contributed by atoms with E-state index in [-0.39, 0.29) is 18.1 Å². The van der Waals surface area contributed by atoms with E-state index in [4.69, 9.17) is 4.74 Å². The standard InChI is InChI=1S/C16H12N2O3/c19-15(10-21-16(20)14-7-3-4-8-17-14)12-9-18-13-6-2-1-5-11(12)13/h1-9,18H,10H2. The van der Waals surface area contributed by atoms with Gasteiger partial charge in [0, 0.05) is 28.9 Å². The number of rotatable bonds is 4. The van der Waals surface area contributed by atoms with Crippen LogP contribution >= 0.6 is 0 Å². The van der Waals surface area contributed by atoms with Crippen LogP contribution in [0, 0.1) is 0 Å². The molecule has 1 N–H and O–H groups in total. The van der Waals surface area contributed by atoms with Crippen LogP contribution in [0.25, 0.3) is 10.9 Å². The second-order valence-electron chi connectivity index (χ2n) is 4.46. The molecule has 1 aromatic carbocycles. The molecular formula is C16H12N2O3. The number of aromatic nitrogens is 2. The van der Waals surface area contributed by atoms with Crippen molar-refractivity contribution in [1.82, 2.24) is 9.97 Å². The molecule has 0 spiro atoms. The van der Waals surface area contributed by atoms with Gasteiger partial charge in [-0.15, -0.1) is 0 Å². The van der Waals surface area contributed by atoms with Gasteiger partial charge in [-0.25, -0.2) is 9.78 Å². The second kappa shape index (κ2) is 5.58. The summed E-state index contributed by atoms with van der Waals surface area (Å²) in [5.41, 5.74) is 1.57. The van der Waals surface area contributed by atoms with Gasteiger partial charge in [-0.3, -0.25) is 4.79 Å². The second-order valence-corrected chi connectivity index (χ2v) is 4.46. The van der Waals surface area contributed by atoms with Crippen LogP contribution in [-0.2, 0) is 4.74 Å². The van der Waals surface area contributed by atoms with Gasteiger partial charge in [-0.2, -0.15) is 0 Å². The Kier molecular flexibility index (Phi) is 3.47. The van der Waals surface area contributed by atoms with Gasteiger partial charge < -0.3 is 9.72 Å². The molecule has 3 aromatic rings. The largest absolute Gasteiger partial charge is 0.453 e. The summed E-state index contributed by atoms with van der Waals surface area (Å²) in [7, 11) is 0. The van der Waals surface area contributed by atoms with Crippen molar-refractivity contribution in [1.29, 1.82) is 0 Å². The topological polar surface area (TPSA) is 72.1 Å². The van der Waals surface area contributed by atoms with Crippen molar-refractivity contribution in [2.24, 2.45) is 0 Å². The summed E-state index contributed by atoms with van der Waals surface area (Å²) >= 11 is 0. The molecule has 0 saturated heterocycles. The van der Waals surface area contributed by atoms with Crippen LogP contribution in [0.3, 0.4) is 0 Å². The Bertz CT molecular complexity index is 793. The number of fused-ring (bicyclic) bond motifs is 1. The number of H-pyrrole nitrogens is 1. The zero-order chi connectivity index (χ0) is 14.7. The van der Waals surface area contributed by atoms with E-state index in [9.17, 15) is 9.59 Å². The maximum Gasteiger partial charge on any atom is 0.357 e. The minimum Gasteiger partial charge on any atom is -0.453 e. The predicted octanol–water partition coefficient (Wildman–Crippen LogP) is 2.60. The molecule has 21 heavy (non-hydrogen) atoms. The molecule has 0 unspecified atom stereocenters. The zero-order valence-corrected chi connectivity index (χ0v) is 11.1. The molecule has 0 bridgehead atoms. The van der Waals surface area contributed by atoms with E-state index < -0.39 is 5.97 Å². The highest BCUT2D eigenvalue weighted by Gasteiger charge is 2.15. The highest BCUT2D eigenvalue weighted by atomic mass is 16.5. The smallest absolute Gasteiger partial charge is 0.357 e. The molecule has 0 atom stereocenters. The van der Waals surface area contributed by atoms with E-state index in [1.165, 1.54) is 6.20 Å². The predicted molar refractivity (Wildman–Crippen MR) is 77.1 cm³/mol. The minimum absolute atomic E-state index is 0.184. The molecule has 3 rings (SSSR count). The summed E-state index contributed by atoms with van der Waals surface area (Å²) in [5.74, 6) is -0.861. The Morgan fingerprint density at radius 3 is 2.71 bits per heavy atom. The molecule has 0 amide bonds. The fourth-order valence-corrected chi connectivity index (χ4v) is 2.07. The Labute approximate surface area is 120 Å². The number of ketones is 1. The fourth-order valence-electron chi connectivity index (χ4n) is 2.07. The molecule has 2 heterocycles. The number of ether oxygens (including phenoxy) is 1. The quantitative estimate of drug-likeness (QED) is 0.589. The highest BCUT2D eigenvalue weighted by Crippen LogP contribution is 2.18. The van der Waals surface area contributed by atoms with Crippen molar-refractivity contribution in [2.75, 3.05) is 6.61 Å². The van der Waals surface area contributed by atoms with Crippen molar-refractivity contribution in [3.8, 4) is 0 Å². The van der Waals surface area contributed by atoms with Crippen LogP contribution in [-0.4, -0.2) is 28.3 Å². The zero-order valence-electron chi connectivity index (χ0n) is 11.1. The van der Waals surface area contributed by atoms with Crippen LogP contribution in [0.4, 0.5) is 0 Å². The van der Waals surface area contributed by atoms with Crippen molar-refractivity contribution in [3.05, 3.63) is 66.1 Å². The number of hydrogen-bond donors (Lipinski definition) is 1. The summed E-state index contributed by atoms with van der Waals surface area (Å²) < 4.78 is 5.00. The summed E-state index contributed by atoms with van der Waals surface area (Å²) in [6.07, 6.45) is 3.12. The number of aromatic amines is 1. The third kappa shape index (κ3) is 2.67. The number of nitrogens with zero attached hydrogens (tertiary/aromatic N) is 1. The van der Waals surface area contributed by atoms with E-state index in [0.717, 1.165) is 10.9 Å². The molecule has 0 aliphatic rings. The summed E-state index contributed by atoms with van der Waals surface area (Å²) in [6.45, 7) is -0.308. The van der Waals surface area contributed by atoms with Crippen LogP contribution in [0.1, 0.15) is 20.8 Å². The molecule has 104 valence electrons. The van der Waals surface area contributed by atoms with E-state index in [0.29, 0.717) is 5.56 Å². The lowest BCUT2D eigenvalue weighted by atomic mass is 10.1. The first kappa shape index (κ1) is 13.1. The number of carbonyl (C=O) groups excluding carboxylic acids is 2. The first-order valence-corrected chi connectivity index (χ1v) is 6.43. The van der Waals surface area contributed by atoms with Gasteiger partial charge in [0.15, 0.2) is 6.61 Å². The highest BCUT2D eigenvalue weighted by molar-refractivity contribution is 6.09. The molecular weight excluding hydrogens is 268 g/mol. The van der Waals surface area contributed by atoms with Crippen molar-refractivity contribution in [2.45, 2.75) is 0 Å². The number of para-hydroxylation sites is 1. The monoisotopic (exact) mass is 280 g/mol. The van der Waals surface area contributed by atoms with Gasteiger partial charge in [0.05, 0.1) is 0 Å². The Balaban J connectivity index is 1.71. The lowest BCUT2D eigenvalue weighted by molar-refractivity contribution is 0.0469. The van der Waals surface area contributed by atoms with Crippen LogP contribution in [0.15, 0.2) is 54.9 Å². The summed E-state index contributed by atoms with van der Waals surface area (Å²) in [4.78, 5) is 30.8. The van der Waals surface area contributed by atoms with E-state index >= 15 is 0 Å². The van der Waals surface area contributed by atoms with E-state index in [1.54, 1.807) is 24.4 Å². The third-order valence-corrected chi connectivity index (χ3v) is 3.10. The summed E-state index contributed by atoms with van der Waals surface area (Å²) in [5, 5.41) is 0.816. The molecule has 0 aliphatic heterocycles. The summed E-state index contributed by atoms with van der Waals surface area (Å²) in [6, 6.07) is 12.4. The maximum atomic E-state index is 12.1. The van der Waals surface area contributed by atoms with Crippen LogP contribution in [0.5, 0.6) is 0 Å². The third-order valence-electron chi connectivity index (χ3n) is 3.10. The molecule has 5 nitrogen and oxygen atoms in total. The molecule has 0 radical (unpaired) electrons. The van der Waals surface area contributed by atoms with Crippen molar-refractivity contribution < 1.29 is 14.3 Å². The van der Waals surface area contributed by atoms with Crippen LogP contribution in [0.2, 0.25) is 0 Å². The number of Topliss-reactive ketones (excluding diaryl/α,β-unsaturated/α-hetero) is 1. The Morgan fingerprint density at radius 1 is 1.10 bits per heavy atom. The van der Waals surface area contributed by atoms with Crippen molar-refractivity contribution >= 4 is 22.7 Å². The number of carbonyl (C=O) groups is 2. The SMILES string of the molecule is O=C(OCC(=O)c1c[nH]c2ccccc12)c1ccccn1. The molecule has 2 aromatic heterocycles. The van der Waals surface area contributed by atoms with Gasteiger partial charge in [0.1, 0.15) is 5.69 Å². The van der Waals surface area contributed by atoms with Crippen LogP contribution < -0.4 is 0 Å². The normalized spacial score (nSPS) is 10.5. The molecule has 5 heteroatoms. The lowest BCUT2D eigenvalue weighted by Gasteiger charge is -2.03. The first-order chi connectivity index (χ1) is 10.3. The number of hydrogen-bond acceptors (Lipinski definition) is 4. The van der Waals surface area contributed by atoms with E-state index in [1.807, 2.05) is 24.3 Å². The first-order valence-electron chi connectivity index (χ1n) is 6.43. The number of nitrogens with one attached hydrogen (secondary N) is 1. The van der Waals surface area contributed by atoms with Gasteiger partial charge >= 0.3 is 5.97 Å². The average molecular weight is 280 g/mol. The van der Waals surface area contributed by atoms with E-state index in [2.05, 4.69) is 9.97 Å². The number of esters is 1. The molecule has 0 saturated carbocycles. The van der Waals surface area contributed by atoms with Gasteiger partial charge in [0.25, 0.3) is 0 Å².